The molecule has 11 heteroatoms. The van der Waals surface area contributed by atoms with Gasteiger partial charge in [0.2, 0.25) is 10.0 Å². The lowest BCUT2D eigenvalue weighted by Crippen LogP contribution is -2.50. The third-order valence-electron chi connectivity index (χ3n) is 3.73. The quantitative estimate of drug-likeness (QED) is 0.746. The fourth-order valence-corrected chi connectivity index (χ4v) is 3.82. The number of carbonyl (C=O) groups is 1. The average Bonchev–Trinajstić information content (AvgIpc) is 2.59. The zero-order chi connectivity index (χ0) is 20.2. The van der Waals surface area contributed by atoms with Gasteiger partial charge in [-0.3, -0.25) is 0 Å². The van der Waals surface area contributed by atoms with E-state index in [0.717, 1.165) is 24.3 Å². The van der Waals surface area contributed by atoms with Crippen LogP contribution >= 0.6 is 0 Å². The van der Waals surface area contributed by atoms with Crippen LogP contribution in [0.3, 0.4) is 0 Å². The molecule has 0 N–H and O–H groups in total. The topological polar surface area (TPSA) is 76.2 Å². The van der Waals surface area contributed by atoms with Crippen molar-refractivity contribution < 1.29 is 35.9 Å². The van der Waals surface area contributed by atoms with Gasteiger partial charge < -0.3 is 14.4 Å². The number of benzene rings is 1. The average molecular weight is 410 g/mol. The molecule has 1 aliphatic rings. The van der Waals surface area contributed by atoms with E-state index in [0.29, 0.717) is 0 Å². The SMILES string of the molecule is CC(C)COC(=O)N1CCN(S(=O)(=O)c2ccc(OC(F)(F)F)cc2)CC1. The van der Waals surface area contributed by atoms with Gasteiger partial charge in [-0.1, -0.05) is 13.8 Å². The number of sulfonamides is 1. The summed E-state index contributed by atoms with van der Waals surface area (Å²) in [5.41, 5.74) is 0. The van der Waals surface area contributed by atoms with Crippen molar-refractivity contribution in [3.8, 4) is 5.75 Å². The predicted octanol–water partition coefficient (Wildman–Crippen LogP) is 2.68. The highest BCUT2D eigenvalue weighted by atomic mass is 32.2. The van der Waals surface area contributed by atoms with Gasteiger partial charge in [-0.15, -0.1) is 13.2 Å². The maximum atomic E-state index is 12.6. The highest BCUT2D eigenvalue weighted by Gasteiger charge is 2.33. The van der Waals surface area contributed by atoms with Crippen LogP contribution in [0, 0.1) is 5.92 Å². The van der Waals surface area contributed by atoms with Crippen molar-refractivity contribution >= 4 is 16.1 Å². The van der Waals surface area contributed by atoms with Crippen LogP contribution in [0.2, 0.25) is 0 Å². The summed E-state index contributed by atoms with van der Waals surface area (Å²) in [5.74, 6) is -0.306. The molecule has 7 nitrogen and oxygen atoms in total. The van der Waals surface area contributed by atoms with Gasteiger partial charge in [0, 0.05) is 26.2 Å². The fraction of sp³-hybridized carbons (Fsp3) is 0.562. The first-order chi connectivity index (χ1) is 12.5. The molecule has 1 amide bonds. The molecule has 0 aliphatic carbocycles. The highest BCUT2D eigenvalue weighted by molar-refractivity contribution is 7.89. The molecule has 1 aromatic carbocycles. The molecule has 0 radical (unpaired) electrons. The number of rotatable bonds is 5. The maximum absolute atomic E-state index is 12.6. The van der Waals surface area contributed by atoms with Gasteiger partial charge in [0.1, 0.15) is 5.75 Å². The van der Waals surface area contributed by atoms with Gasteiger partial charge in [-0.2, -0.15) is 4.31 Å². The van der Waals surface area contributed by atoms with E-state index in [9.17, 15) is 26.4 Å². The molecule has 0 spiro atoms. The first-order valence-corrected chi connectivity index (χ1v) is 9.71. The maximum Gasteiger partial charge on any atom is 0.573 e. The van der Waals surface area contributed by atoms with Crippen LogP contribution in [0.5, 0.6) is 5.75 Å². The van der Waals surface area contributed by atoms with Crippen molar-refractivity contribution in [2.45, 2.75) is 25.1 Å². The number of hydrogen-bond acceptors (Lipinski definition) is 5. The molecular formula is C16H21F3N2O5S. The fourth-order valence-electron chi connectivity index (χ4n) is 2.40. The van der Waals surface area contributed by atoms with E-state index in [4.69, 9.17) is 4.74 Å². The third kappa shape index (κ3) is 5.99. The number of alkyl halides is 3. The molecule has 0 atom stereocenters. The Morgan fingerprint density at radius 3 is 2.15 bits per heavy atom. The Morgan fingerprint density at radius 2 is 1.67 bits per heavy atom. The van der Waals surface area contributed by atoms with E-state index in [1.165, 1.54) is 9.21 Å². The van der Waals surface area contributed by atoms with Crippen LogP contribution in [0.15, 0.2) is 29.2 Å². The lowest BCUT2D eigenvalue weighted by Gasteiger charge is -2.33. The summed E-state index contributed by atoms with van der Waals surface area (Å²) in [6.45, 7) is 4.58. The third-order valence-corrected chi connectivity index (χ3v) is 5.64. The lowest BCUT2D eigenvalue weighted by molar-refractivity contribution is -0.274. The van der Waals surface area contributed by atoms with Crippen LogP contribution in [-0.4, -0.2) is 62.9 Å². The van der Waals surface area contributed by atoms with E-state index in [1.807, 2.05) is 13.8 Å². The molecule has 152 valence electrons. The first-order valence-electron chi connectivity index (χ1n) is 8.26. The van der Waals surface area contributed by atoms with E-state index < -0.39 is 28.2 Å². The number of amides is 1. The lowest BCUT2D eigenvalue weighted by atomic mass is 10.2. The van der Waals surface area contributed by atoms with Crippen molar-refractivity contribution in [3.63, 3.8) is 0 Å². The molecule has 27 heavy (non-hydrogen) atoms. The van der Waals surface area contributed by atoms with Gasteiger partial charge >= 0.3 is 12.5 Å². The van der Waals surface area contributed by atoms with Crippen LogP contribution in [-0.2, 0) is 14.8 Å². The second-order valence-corrected chi connectivity index (χ2v) is 8.32. The van der Waals surface area contributed by atoms with Gasteiger partial charge in [0.05, 0.1) is 11.5 Å². The predicted molar refractivity (Wildman–Crippen MR) is 89.6 cm³/mol. The minimum absolute atomic E-state index is 0.0694. The molecule has 1 saturated heterocycles. The summed E-state index contributed by atoms with van der Waals surface area (Å²) in [7, 11) is -3.88. The van der Waals surface area contributed by atoms with Gasteiger partial charge in [0.15, 0.2) is 0 Å². The smallest absolute Gasteiger partial charge is 0.449 e. The molecule has 0 bridgehead atoms. The van der Waals surface area contributed by atoms with E-state index in [-0.39, 0.29) is 43.6 Å². The second-order valence-electron chi connectivity index (χ2n) is 6.38. The molecule has 0 saturated carbocycles. The Bertz CT molecular complexity index is 742. The molecule has 0 unspecified atom stereocenters. The largest absolute Gasteiger partial charge is 0.573 e. The minimum atomic E-state index is -4.85. The molecule has 1 heterocycles. The number of piperazine rings is 1. The zero-order valence-corrected chi connectivity index (χ0v) is 15.7. The van der Waals surface area contributed by atoms with E-state index in [2.05, 4.69) is 4.74 Å². The Hall–Kier alpha value is -2.01. The Kier molecular flexibility index (Phi) is 6.58. The summed E-state index contributed by atoms with van der Waals surface area (Å²) in [5, 5.41) is 0. The Balaban J connectivity index is 1.97. The van der Waals surface area contributed by atoms with Gasteiger partial charge in [-0.05, 0) is 30.2 Å². The first kappa shape index (κ1) is 21.3. The normalized spacial score (nSPS) is 16.4. The number of carbonyl (C=O) groups excluding carboxylic acids is 1. The van der Waals surface area contributed by atoms with Gasteiger partial charge in [-0.25, -0.2) is 13.2 Å². The summed E-state index contributed by atoms with van der Waals surface area (Å²) >= 11 is 0. The van der Waals surface area contributed by atoms with Crippen molar-refractivity contribution in [2.75, 3.05) is 32.8 Å². The number of halogens is 3. The van der Waals surface area contributed by atoms with Crippen molar-refractivity contribution in [2.24, 2.45) is 5.92 Å². The molecular weight excluding hydrogens is 389 g/mol. The van der Waals surface area contributed by atoms with Crippen molar-refractivity contribution in [1.82, 2.24) is 9.21 Å². The summed E-state index contributed by atoms with van der Waals surface area (Å²) in [4.78, 5) is 13.2. The molecule has 2 rings (SSSR count). The zero-order valence-electron chi connectivity index (χ0n) is 14.9. The molecule has 1 fully saturated rings. The Labute approximate surface area is 155 Å². The Morgan fingerprint density at radius 1 is 1.11 bits per heavy atom. The summed E-state index contributed by atoms with van der Waals surface area (Å²) in [6, 6.07) is 4.00. The monoisotopic (exact) mass is 410 g/mol. The van der Waals surface area contributed by atoms with Gasteiger partial charge in [0.25, 0.3) is 0 Å². The van der Waals surface area contributed by atoms with E-state index >= 15 is 0 Å². The highest BCUT2D eigenvalue weighted by Crippen LogP contribution is 2.25. The molecule has 1 aromatic rings. The minimum Gasteiger partial charge on any atom is -0.449 e. The van der Waals surface area contributed by atoms with Crippen molar-refractivity contribution in [3.05, 3.63) is 24.3 Å². The number of hydrogen-bond donors (Lipinski definition) is 0. The number of ether oxygens (including phenoxy) is 2. The standard InChI is InChI=1S/C16H21F3N2O5S/c1-12(2)11-25-15(22)20-7-9-21(10-8-20)27(23,24)14-5-3-13(4-6-14)26-16(17,18)19/h3-6,12H,7-11H2,1-2H3. The van der Waals surface area contributed by atoms with E-state index in [1.54, 1.807) is 0 Å². The van der Waals surface area contributed by atoms with Crippen LogP contribution in [0.4, 0.5) is 18.0 Å². The second kappa shape index (κ2) is 8.34. The summed E-state index contributed by atoms with van der Waals surface area (Å²) < 4.78 is 71.8. The molecule has 1 aliphatic heterocycles. The molecule has 0 aromatic heterocycles. The van der Waals surface area contributed by atoms with Crippen LogP contribution in [0.1, 0.15) is 13.8 Å². The summed E-state index contributed by atoms with van der Waals surface area (Å²) in [6.07, 6.45) is -5.34. The van der Waals surface area contributed by atoms with Crippen LogP contribution < -0.4 is 4.74 Å². The number of nitrogens with zero attached hydrogens (tertiary/aromatic N) is 2. The van der Waals surface area contributed by atoms with Crippen LogP contribution in [0.25, 0.3) is 0 Å². The van der Waals surface area contributed by atoms with Crippen molar-refractivity contribution in [1.29, 1.82) is 0 Å².